The van der Waals surface area contributed by atoms with E-state index in [4.69, 9.17) is 0 Å². The normalized spacial score (nSPS) is 18.8. The van der Waals surface area contributed by atoms with Crippen molar-refractivity contribution in [1.82, 2.24) is 14.9 Å². The van der Waals surface area contributed by atoms with Crippen LogP contribution in [0.1, 0.15) is 50.6 Å². The van der Waals surface area contributed by atoms with Crippen molar-refractivity contribution >= 4 is 28.7 Å². The van der Waals surface area contributed by atoms with Gasteiger partial charge in [0.15, 0.2) is 0 Å². The molecule has 120 valence electrons. The monoisotopic (exact) mass is 312 g/mol. The number of pyridine rings is 1. The zero-order chi connectivity index (χ0) is 16.1. The van der Waals surface area contributed by atoms with Crippen LogP contribution >= 0.6 is 0 Å². The molecule has 0 spiro atoms. The molecule has 1 saturated heterocycles. The number of nitrogens with zero attached hydrogens (tertiary/aromatic N) is 3. The van der Waals surface area contributed by atoms with E-state index in [1.807, 2.05) is 6.07 Å². The molecule has 23 heavy (non-hydrogen) atoms. The Morgan fingerprint density at radius 2 is 2.09 bits per heavy atom. The minimum absolute atomic E-state index is 0.218. The molecule has 2 aromatic rings. The van der Waals surface area contributed by atoms with Gasteiger partial charge in [-0.05, 0) is 44.2 Å². The van der Waals surface area contributed by atoms with Crippen molar-refractivity contribution in [2.24, 2.45) is 0 Å². The third-order valence-corrected chi connectivity index (χ3v) is 4.63. The van der Waals surface area contributed by atoms with Crippen molar-refractivity contribution in [2.45, 2.75) is 45.1 Å². The summed E-state index contributed by atoms with van der Waals surface area (Å²) in [5.41, 5.74) is 3.06. The largest absolute Gasteiger partial charge is 0.330 e. The van der Waals surface area contributed by atoms with Gasteiger partial charge in [-0.2, -0.15) is 0 Å². The van der Waals surface area contributed by atoms with E-state index >= 15 is 0 Å². The van der Waals surface area contributed by atoms with E-state index in [9.17, 15) is 9.59 Å². The molecular weight excluding hydrogens is 292 g/mol. The molecule has 1 aliphatic heterocycles. The highest BCUT2D eigenvalue weighted by atomic mass is 16.2. The number of hydrogen-bond donors (Lipinski definition) is 1. The molecule has 1 saturated carbocycles. The van der Waals surface area contributed by atoms with Crippen LogP contribution in [0.2, 0.25) is 0 Å². The maximum Gasteiger partial charge on any atom is 0.328 e. The number of carbonyl (C=O) groups is 2. The van der Waals surface area contributed by atoms with Crippen LogP contribution in [0.3, 0.4) is 0 Å². The summed E-state index contributed by atoms with van der Waals surface area (Å²) in [6, 6.07) is 2.03. The molecule has 0 radical (unpaired) electrons. The Morgan fingerprint density at radius 3 is 2.74 bits per heavy atom. The Kier molecular flexibility index (Phi) is 3.14. The Balaban J connectivity index is 1.79. The topological polar surface area (TPSA) is 67.2 Å². The fourth-order valence-corrected chi connectivity index (χ4v) is 3.22. The number of amides is 3. The first-order valence-electron chi connectivity index (χ1n) is 8.16. The van der Waals surface area contributed by atoms with Gasteiger partial charge in [-0.15, -0.1) is 0 Å². The molecule has 3 heterocycles. The van der Waals surface area contributed by atoms with Crippen molar-refractivity contribution in [3.63, 3.8) is 0 Å². The van der Waals surface area contributed by atoms with Gasteiger partial charge < -0.3 is 4.57 Å². The number of urea groups is 1. The summed E-state index contributed by atoms with van der Waals surface area (Å²) < 4.78 is 2.20. The SMILES string of the molecule is CC(C)n1cc(C2CC2)c2cc(N3CCC(=O)NC3=O)cnc21. The summed E-state index contributed by atoms with van der Waals surface area (Å²) >= 11 is 0. The predicted molar refractivity (Wildman–Crippen MR) is 87.6 cm³/mol. The average Bonchev–Trinajstić information content (AvgIpc) is 3.27. The minimum Gasteiger partial charge on any atom is -0.330 e. The van der Waals surface area contributed by atoms with Crippen LogP contribution in [0.15, 0.2) is 18.5 Å². The molecule has 0 atom stereocenters. The summed E-state index contributed by atoms with van der Waals surface area (Å²) in [4.78, 5) is 29.6. The van der Waals surface area contributed by atoms with Crippen LogP contribution in [-0.2, 0) is 4.79 Å². The first-order chi connectivity index (χ1) is 11.0. The van der Waals surface area contributed by atoms with Crippen molar-refractivity contribution in [3.8, 4) is 0 Å². The standard InChI is InChI=1S/C17H20N4O2/c1-10(2)21-9-14(11-3-4-11)13-7-12(8-18-16(13)21)20-6-5-15(22)19-17(20)23/h7-11H,3-6H2,1-2H3,(H,19,22,23). The summed E-state index contributed by atoms with van der Waals surface area (Å²) in [6.45, 7) is 4.70. The van der Waals surface area contributed by atoms with Gasteiger partial charge in [0.2, 0.25) is 5.91 Å². The predicted octanol–water partition coefficient (Wildman–Crippen LogP) is 2.94. The van der Waals surface area contributed by atoms with E-state index in [2.05, 4.69) is 34.9 Å². The Bertz CT molecular complexity index is 804. The minimum atomic E-state index is -0.362. The molecule has 1 aliphatic carbocycles. The second kappa shape index (κ2) is 5.08. The van der Waals surface area contributed by atoms with Gasteiger partial charge in [-0.3, -0.25) is 15.0 Å². The molecule has 2 aliphatic rings. The third kappa shape index (κ3) is 2.38. The molecule has 2 fully saturated rings. The lowest BCUT2D eigenvalue weighted by molar-refractivity contribution is -0.120. The summed E-state index contributed by atoms with van der Waals surface area (Å²) in [6.07, 6.45) is 6.71. The van der Waals surface area contributed by atoms with Crippen LogP contribution in [0.25, 0.3) is 11.0 Å². The number of hydrogen-bond acceptors (Lipinski definition) is 3. The number of carbonyl (C=O) groups excluding carboxylic acids is 2. The van der Waals surface area contributed by atoms with Gasteiger partial charge in [0.05, 0.1) is 11.9 Å². The maximum absolute atomic E-state index is 12.0. The van der Waals surface area contributed by atoms with Crippen LogP contribution in [0.5, 0.6) is 0 Å². The van der Waals surface area contributed by atoms with Crippen LogP contribution < -0.4 is 10.2 Å². The molecule has 6 nitrogen and oxygen atoms in total. The zero-order valence-corrected chi connectivity index (χ0v) is 13.4. The zero-order valence-electron chi connectivity index (χ0n) is 13.4. The van der Waals surface area contributed by atoms with E-state index < -0.39 is 0 Å². The highest BCUT2D eigenvalue weighted by molar-refractivity contribution is 6.06. The third-order valence-electron chi connectivity index (χ3n) is 4.63. The highest BCUT2D eigenvalue weighted by Gasteiger charge is 2.30. The second-order valence-electron chi connectivity index (χ2n) is 6.68. The lowest BCUT2D eigenvalue weighted by Gasteiger charge is -2.26. The number of anilines is 1. The fraction of sp³-hybridized carbons (Fsp3) is 0.471. The van der Waals surface area contributed by atoms with E-state index in [0.717, 1.165) is 16.7 Å². The van der Waals surface area contributed by atoms with Gasteiger partial charge in [0.25, 0.3) is 0 Å². The number of fused-ring (bicyclic) bond motifs is 1. The summed E-state index contributed by atoms with van der Waals surface area (Å²) in [7, 11) is 0. The summed E-state index contributed by atoms with van der Waals surface area (Å²) in [5, 5.41) is 3.49. The van der Waals surface area contributed by atoms with E-state index in [0.29, 0.717) is 24.9 Å². The van der Waals surface area contributed by atoms with Crippen LogP contribution in [0.4, 0.5) is 10.5 Å². The van der Waals surface area contributed by atoms with E-state index in [1.54, 1.807) is 11.1 Å². The second-order valence-corrected chi connectivity index (χ2v) is 6.68. The van der Waals surface area contributed by atoms with Crippen molar-refractivity contribution in [3.05, 3.63) is 24.0 Å². The molecule has 0 aromatic carbocycles. The molecule has 4 rings (SSSR count). The fourth-order valence-electron chi connectivity index (χ4n) is 3.22. The number of imide groups is 1. The van der Waals surface area contributed by atoms with Gasteiger partial charge in [-0.1, -0.05) is 0 Å². The van der Waals surface area contributed by atoms with Crippen molar-refractivity contribution in [1.29, 1.82) is 0 Å². The first kappa shape index (κ1) is 14.2. The van der Waals surface area contributed by atoms with Gasteiger partial charge in [-0.25, -0.2) is 9.78 Å². The molecule has 0 unspecified atom stereocenters. The lowest BCUT2D eigenvalue weighted by Crippen LogP contribution is -2.49. The molecule has 2 aromatic heterocycles. The smallest absolute Gasteiger partial charge is 0.328 e. The Labute approximate surface area is 134 Å². The molecule has 3 amide bonds. The number of nitrogens with one attached hydrogen (secondary N) is 1. The van der Waals surface area contributed by atoms with Gasteiger partial charge in [0, 0.05) is 30.6 Å². The van der Waals surface area contributed by atoms with Gasteiger partial charge >= 0.3 is 6.03 Å². The lowest BCUT2D eigenvalue weighted by atomic mass is 10.1. The average molecular weight is 312 g/mol. The molecule has 6 heteroatoms. The Hall–Kier alpha value is -2.37. The summed E-state index contributed by atoms with van der Waals surface area (Å²) in [5.74, 6) is 0.399. The van der Waals surface area contributed by atoms with E-state index in [-0.39, 0.29) is 11.9 Å². The maximum atomic E-state index is 12.0. The number of rotatable bonds is 3. The molecular formula is C17H20N4O2. The van der Waals surface area contributed by atoms with Gasteiger partial charge in [0.1, 0.15) is 5.65 Å². The number of aromatic nitrogens is 2. The van der Waals surface area contributed by atoms with E-state index in [1.165, 1.54) is 18.4 Å². The molecule has 1 N–H and O–H groups in total. The molecule has 0 bridgehead atoms. The highest BCUT2D eigenvalue weighted by Crippen LogP contribution is 2.44. The first-order valence-corrected chi connectivity index (χ1v) is 8.16. The van der Waals surface area contributed by atoms with Crippen LogP contribution in [-0.4, -0.2) is 28.0 Å². The van der Waals surface area contributed by atoms with Crippen molar-refractivity contribution in [2.75, 3.05) is 11.4 Å². The Morgan fingerprint density at radius 1 is 1.30 bits per heavy atom. The van der Waals surface area contributed by atoms with Crippen molar-refractivity contribution < 1.29 is 9.59 Å². The quantitative estimate of drug-likeness (QED) is 0.947. The van der Waals surface area contributed by atoms with Crippen LogP contribution in [0, 0.1) is 0 Å².